The van der Waals surface area contributed by atoms with E-state index in [-0.39, 0.29) is 11.9 Å². The van der Waals surface area contributed by atoms with Crippen molar-refractivity contribution in [3.05, 3.63) is 24.8 Å². The first-order chi connectivity index (χ1) is 7.65. The van der Waals surface area contributed by atoms with Crippen molar-refractivity contribution in [1.29, 1.82) is 0 Å². The molecule has 0 radical (unpaired) electrons. The third-order valence-electron chi connectivity index (χ3n) is 2.74. The topological polar surface area (TPSA) is 57.6 Å². The van der Waals surface area contributed by atoms with Gasteiger partial charge in [0.2, 0.25) is 5.91 Å². The van der Waals surface area contributed by atoms with Crippen molar-refractivity contribution >= 4 is 11.9 Å². The van der Waals surface area contributed by atoms with Crippen molar-refractivity contribution in [3.8, 4) is 0 Å². The van der Waals surface area contributed by atoms with Gasteiger partial charge in [-0.3, -0.25) is 4.79 Å². The average molecular weight is 223 g/mol. The molecule has 1 fully saturated rings. The minimum absolute atomic E-state index is 0.240. The Kier molecular flexibility index (Phi) is 4.76. The van der Waals surface area contributed by atoms with Gasteiger partial charge in [-0.15, -0.1) is 6.58 Å². The van der Waals surface area contributed by atoms with Crippen LogP contribution in [-0.4, -0.2) is 34.5 Å². The van der Waals surface area contributed by atoms with E-state index in [1.807, 2.05) is 0 Å². The minimum atomic E-state index is -1.10. The van der Waals surface area contributed by atoms with Gasteiger partial charge in [0.15, 0.2) is 0 Å². The van der Waals surface area contributed by atoms with E-state index < -0.39 is 5.97 Å². The Bertz CT molecular complexity index is 303. The number of carbonyl (C=O) groups is 2. The molecule has 1 N–H and O–H groups in total. The van der Waals surface area contributed by atoms with Crippen LogP contribution in [0.25, 0.3) is 0 Å². The molecule has 1 aliphatic rings. The zero-order valence-electron chi connectivity index (χ0n) is 9.26. The molecule has 1 aliphatic carbocycles. The van der Waals surface area contributed by atoms with E-state index in [0.29, 0.717) is 6.54 Å². The molecule has 0 aromatic carbocycles. The molecule has 4 heteroatoms. The highest BCUT2D eigenvalue weighted by Crippen LogP contribution is 2.23. The molecule has 0 unspecified atom stereocenters. The average Bonchev–Trinajstić information content (AvgIpc) is 2.75. The van der Waals surface area contributed by atoms with Crippen molar-refractivity contribution in [2.24, 2.45) is 0 Å². The normalized spacial score (nSPS) is 16.5. The van der Waals surface area contributed by atoms with Gasteiger partial charge < -0.3 is 10.0 Å². The molecule has 0 aromatic heterocycles. The van der Waals surface area contributed by atoms with Gasteiger partial charge in [-0.1, -0.05) is 18.9 Å². The van der Waals surface area contributed by atoms with Crippen LogP contribution in [0.1, 0.15) is 25.7 Å². The summed E-state index contributed by atoms with van der Waals surface area (Å²) in [5, 5.41) is 8.46. The molecule has 1 saturated carbocycles. The molecule has 0 atom stereocenters. The second-order valence-electron chi connectivity index (χ2n) is 3.89. The van der Waals surface area contributed by atoms with Gasteiger partial charge in [-0.05, 0) is 12.8 Å². The number of carboxylic acids is 1. The van der Waals surface area contributed by atoms with Gasteiger partial charge in [-0.25, -0.2) is 4.79 Å². The van der Waals surface area contributed by atoms with Gasteiger partial charge in [0.05, 0.1) is 0 Å². The fourth-order valence-electron chi connectivity index (χ4n) is 2.01. The zero-order valence-corrected chi connectivity index (χ0v) is 9.26. The molecule has 1 amide bonds. The quantitative estimate of drug-likeness (QED) is 0.568. The number of nitrogens with zero attached hydrogens (tertiary/aromatic N) is 1. The van der Waals surface area contributed by atoms with E-state index in [1.54, 1.807) is 11.0 Å². The van der Waals surface area contributed by atoms with E-state index >= 15 is 0 Å². The van der Waals surface area contributed by atoms with E-state index in [2.05, 4.69) is 6.58 Å². The number of hydrogen-bond donors (Lipinski definition) is 1. The summed E-state index contributed by atoms with van der Waals surface area (Å²) in [4.78, 5) is 23.8. The van der Waals surface area contributed by atoms with Crippen LogP contribution >= 0.6 is 0 Å². The van der Waals surface area contributed by atoms with Gasteiger partial charge >= 0.3 is 5.97 Å². The molecule has 0 heterocycles. The second kappa shape index (κ2) is 6.10. The molecule has 0 aromatic rings. The maximum Gasteiger partial charge on any atom is 0.328 e. The second-order valence-corrected chi connectivity index (χ2v) is 3.89. The number of hydrogen-bond acceptors (Lipinski definition) is 2. The molecule has 4 nitrogen and oxygen atoms in total. The van der Waals surface area contributed by atoms with Crippen LogP contribution in [0.3, 0.4) is 0 Å². The molecule has 0 spiro atoms. The van der Waals surface area contributed by atoms with Gasteiger partial charge in [0, 0.05) is 24.7 Å². The van der Waals surface area contributed by atoms with E-state index in [4.69, 9.17) is 5.11 Å². The lowest BCUT2D eigenvalue weighted by molar-refractivity contribution is -0.132. The highest BCUT2D eigenvalue weighted by atomic mass is 16.4. The largest absolute Gasteiger partial charge is 0.478 e. The number of rotatable bonds is 5. The Morgan fingerprint density at radius 2 is 1.94 bits per heavy atom. The van der Waals surface area contributed by atoms with Crippen LogP contribution in [0.15, 0.2) is 24.8 Å². The van der Waals surface area contributed by atoms with E-state index in [9.17, 15) is 9.59 Å². The highest BCUT2D eigenvalue weighted by Gasteiger charge is 2.24. The third-order valence-corrected chi connectivity index (χ3v) is 2.74. The van der Waals surface area contributed by atoms with Gasteiger partial charge in [0.25, 0.3) is 0 Å². The van der Waals surface area contributed by atoms with Crippen LogP contribution in [-0.2, 0) is 9.59 Å². The van der Waals surface area contributed by atoms with Crippen LogP contribution in [0.5, 0.6) is 0 Å². The maximum atomic E-state index is 11.8. The lowest BCUT2D eigenvalue weighted by Gasteiger charge is -2.26. The monoisotopic (exact) mass is 223 g/mol. The summed E-state index contributed by atoms with van der Waals surface area (Å²) in [5.41, 5.74) is 0. The highest BCUT2D eigenvalue weighted by molar-refractivity contribution is 5.94. The first-order valence-electron chi connectivity index (χ1n) is 5.47. The Morgan fingerprint density at radius 1 is 1.31 bits per heavy atom. The predicted octanol–water partition coefficient (Wildman–Crippen LogP) is 1.58. The summed E-state index contributed by atoms with van der Waals surface area (Å²) in [6, 6.07) is 0.240. The van der Waals surface area contributed by atoms with E-state index in [0.717, 1.165) is 37.8 Å². The van der Waals surface area contributed by atoms with Crippen LogP contribution < -0.4 is 0 Å². The van der Waals surface area contributed by atoms with Crippen molar-refractivity contribution in [2.45, 2.75) is 31.7 Å². The van der Waals surface area contributed by atoms with Crippen molar-refractivity contribution in [3.63, 3.8) is 0 Å². The Balaban J connectivity index is 2.64. The molecule has 0 aliphatic heterocycles. The summed E-state index contributed by atoms with van der Waals surface area (Å²) in [5.74, 6) is -1.34. The number of aliphatic carboxylic acids is 1. The van der Waals surface area contributed by atoms with Crippen LogP contribution in [0.4, 0.5) is 0 Å². The lowest BCUT2D eigenvalue weighted by atomic mass is 10.2. The minimum Gasteiger partial charge on any atom is -0.478 e. The fourth-order valence-corrected chi connectivity index (χ4v) is 2.01. The molecule has 16 heavy (non-hydrogen) atoms. The van der Waals surface area contributed by atoms with Crippen molar-refractivity contribution in [2.75, 3.05) is 6.54 Å². The SMILES string of the molecule is C=CCN(C(=O)/C=C/C(=O)O)C1CCCC1. The third kappa shape index (κ3) is 3.53. The van der Waals surface area contributed by atoms with E-state index in [1.165, 1.54) is 0 Å². The van der Waals surface area contributed by atoms with Gasteiger partial charge in [0.1, 0.15) is 0 Å². The number of carbonyl (C=O) groups excluding carboxylic acids is 1. The first kappa shape index (κ1) is 12.5. The van der Waals surface area contributed by atoms with Crippen LogP contribution in [0, 0.1) is 0 Å². The summed E-state index contributed by atoms with van der Waals surface area (Å²) in [6.45, 7) is 4.09. The van der Waals surface area contributed by atoms with Crippen molar-refractivity contribution in [1.82, 2.24) is 4.90 Å². The fraction of sp³-hybridized carbons (Fsp3) is 0.500. The summed E-state index contributed by atoms with van der Waals surface area (Å²) in [6.07, 6.45) is 7.94. The first-order valence-corrected chi connectivity index (χ1v) is 5.47. The number of carboxylic acid groups (broad SMARTS) is 1. The van der Waals surface area contributed by atoms with Gasteiger partial charge in [-0.2, -0.15) is 0 Å². The predicted molar refractivity (Wildman–Crippen MR) is 60.9 cm³/mol. The Morgan fingerprint density at radius 3 is 2.44 bits per heavy atom. The number of amides is 1. The Hall–Kier alpha value is -1.58. The smallest absolute Gasteiger partial charge is 0.328 e. The molecule has 0 bridgehead atoms. The molecule has 0 saturated heterocycles. The lowest BCUT2D eigenvalue weighted by Crippen LogP contribution is -2.37. The summed E-state index contributed by atoms with van der Waals surface area (Å²) < 4.78 is 0. The zero-order chi connectivity index (χ0) is 12.0. The van der Waals surface area contributed by atoms with Crippen LogP contribution in [0.2, 0.25) is 0 Å². The standard InChI is InChI=1S/C12H17NO3/c1-2-9-13(10-5-3-4-6-10)11(14)7-8-12(15)16/h2,7-8,10H,1,3-6,9H2,(H,15,16)/b8-7+. The maximum absolute atomic E-state index is 11.8. The summed E-state index contributed by atoms with van der Waals surface area (Å²) in [7, 11) is 0. The molecular formula is C12H17NO3. The molecular weight excluding hydrogens is 206 g/mol. The summed E-state index contributed by atoms with van der Waals surface area (Å²) >= 11 is 0. The molecule has 88 valence electrons. The van der Waals surface area contributed by atoms with Crippen molar-refractivity contribution < 1.29 is 14.7 Å². The Labute approximate surface area is 95.2 Å². The molecule has 1 rings (SSSR count).